The predicted octanol–water partition coefficient (Wildman–Crippen LogP) is 4.10. The van der Waals surface area contributed by atoms with Gasteiger partial charge in [0.05, 0.1) is 5.57 Å². The zero-order valence-electron chi connectivity index (χ0n) is 9.79. The van der Waals surface area contributed by atoms with E-state index in [1.165, 1.54) is 16.2 Å². The average molecular weight is 276 g/mol. The zero-order valence-corrected chi connectivity index (χ0v) is 11.4. The van der Waals surface area contributed by atoms with Gasteiger partial charge in [-0.15, -0.1) is 11.8 Å². The maximum atomic E-state index is 11.3. The number of hydrogen-bond acceptors (Lipinski definition) is 3. The fraction of sp³-hybridized carbons (Fsp3) is 0.0714. The van der Waals surface area contributed by atoms with Crippen LogP contribution in [0.1, 0.15) is 11.1 Å². The van der Waals surface area contributed by atoms with E-state index in [-0.39, 0.29) is 0 Å². The van der Waals surface area contributed by atoms with Crippen molar-refractivity contribution in [2.24, 2.45) is 0 Å². The predicted molar refractivity (Wildman–Crippen MR) is 78.0 cm³/mol. The number of thioether (sulfide) groups is 1. The van der Waals surface area contributed by atoms with Crippen LogP contribution in [0, 0.1) is 0 Å². The highest BCUT2D eigenvalue weighted by Gasteiger charge is 2.10. The Morgan fingerprint density at radius 3 is 2.50 bits per heavy atom. The molecule has 0 amide bonds. The molecule has 1 aromatic carbocycles. The minimum absolute atomic E-state index is 0.327. The van der Waals surface area contributed by atoms with Crippen molar-refractivity contribution >= 4 is 40.7 Å². The molecule has 92 valence electrons. The highest BCUT2D eigenvalue weighted by molar-refractivity contribution is 7.98. The lowest BCUT2D eigenvalue weighted by Gasteiger charge is -2.01. The molecule has 0 atom stereocenters. The highest BCUT2D eigenvalue weighted by atomic mass is 32.2. The molecule has 0 aliphatic rings. The van der Waals surface area contributed by atoms with E-state index in [1.54, 1.807) is 17.8 Å². The summed E-state index contributed by atoms with van der Waals surface area (Å²) in [6, 6.07) is 9.66. The van der Waals surface area contributed by atoms with Gasteiger partial charge in [-0.2, -0.15) is 11.3 Å². The summed E-state index contributed by atoms with van der Waals surface area (Å²) in [6.07, 6.45) is 3.72. The van der Waals surface area contributed by atoms with Crippen LogP contribution < -0.4 is 0 Å². The summed E-state index contributed by atoms with van der Waals surface area (Å²) in [6.45, 7) is 0. The number of hydrogen-bond donors (Lipinski definition) is 1. The summed E-state index contributed by atoms with van der Waals surface area (Å²) < 4.78 is 0. The highest BCUT2D eigenvalue weighted by Crippen LogP contribution is 2.22. The zero-order chi connectivity index (χ0) is 13.0. The van der Waals surface area contributed by atoms with Crippen LogP contribution in [0.25, 0.3) is 11.6 Å². The number of rotatable bonds is 4. The molecule has 0 spiro atoms. The number of carbonyl (C=O) groups is 1. The Bertz CT molecular complexity index is 554. The molecule has 0 saturated heterocycles. The first-order valence-corrected chi connectivity index (χ1v) is 7.49. The molecule has 0 saturated carbocycles. The third kappa shape index (κ3) is 3.03. The first-order valence-electron chi connectivity index (χ1n) is 5.32. The maximum absolute atomic E-state index is 11.3. The van der Waals surface area contributed by atoms with Gasteiger partial charge in [-0.25, -0.2) is 4.79 Å². The van der Waals surface area contributed by atoms with Crippen molar-refractivity contribution in [1.82, 2.24) is 0 Å². The van der Waals surface area contributed by atoms with Crippen LogP contribution in [0.15, 0.2) is 46.0 Å². The van der Waals surface area contributed by atoms with Crippen LogP contribution in [0.5, 0.6) is 0 Å². The van der Waals surface area contributed by atoms with Gasteiger partial charge in [-0.05, 0) is 52.4 Å². The molecule has 2 rings (SSSR count). The monoisotopic (exact) mass is 276 g/mol. The Kier molecular flexibility index (Phi) is 4.23. The molecule has 1 aromatic heterocycles. The third-order valence-corrected chi connectivity index (χ3v) is 3.92. The van der Waals surface area contributed by atoms with E-state index in [0.717, 1.165) is 11.1 Å². The molecule has 0 aliphatic heterocycles. The smallest absolute Gasteiger partial charge is 0.336 e. The number of carboxylic acids is 1. The second-order valence-electron chi connectivity index (χ2n) is 3.65. The normalized spacial score (nSPS) is 11.5. The minimum Gasteiger partial charge on any atom is -0.478 e. The fourth-order valence-corrected chi connectivity index (χ4v) is 2.62. The van der Waals surface area contributed by atoms with Gasteiger partial charge in [0, 0.05) is 4.90 Å². The quantitative estimate of drug-likeness (QED) is 0.675. The van der Waals surface area contributed by atoms with Crippen molar-refractivity contribution in [2.75, 3.05) is 6.26 Å². The van der Waals surface area contributed by atoms with E-state index < -0.39 is 5.97 Å². The lowest BCUT2D eigenvalue weighted by molar-refractivity contribution is -0.130. The lowest BCUT2D eigenvalue weighted by Crippen LogP contribution is -1.98. The van der Waals surface area contributed by atoms with Crippen LogP contribution in [0.2, 0.25) is 0 Å². The number of thiophene rings is 1. The van der Waals surface area contributed by atoms with Crippen LogP contribution in [0.4, 0.5) is 0 Å². The first kappa shape index (κ1) is 12.9. The van der Waals surface area contributed by atoms with Gasteiger partial charge >= 0.3 is 5.97 Å². The number of aliphatic carboxylic acids is 1. The standard InChI is InChI=1S/C14H12O2S2/c1-17-12-4-2-10(3-5-12)8-13(14(15)16)11-6-7-18-9-11/h2-9H,1H3,(H,15,16)/b13-8+. The van der Waals surface area contributed by atoms with Crippen molar-refractivity contribution in [3.05, 3.63) is 52.2 Å². The molecular formula is C14H12O2S2. The Morgan fingerprint density at radius 2 is 2.00 bits per heavy atom. The Labute approximate surface area is 114 Å². The van der Waals surface area contributed by atoms with E-state index in [2.05, 4.69) is 0 Å². The van der Waals surface area contributed by atoms with Crippen molar-refractivity contribution in [2.45, 2.75) is 4.90 Å². The molecule has 0 fully saturated rings. The summed E-state index contributed by atoms with van der Waals surface area (Å²) >= 11 is 3.16. The molecule has 2 aromatic rings. The molecule has 4 heteroatoms. The molecule has 1 heterocycles. The molecular weight excluding hydrogens is 264 g/mol. The summed E-state index contributed by atoms with van der Waals surface area (Å²) in [5, 5.41) is 13.0. The molecule has 0 aliphatic carbocycles. The van der Waals surface area contributed by atoms with Gasteiger partial charge in [0.2, 0.25) is 0 Å². The molecule has 2 nitrogen and oxygen atoms in total. The molecule has 1 N–H and O–H groups in total. The topological polar surface area (TPSA) is 37.3 Å². The maximum Gasteiger partial charge on any atom is 0.336 e. The molecule has 18 heavy (non-hydrogen) atoms. The van der Waals surface area contributed by atoms with Gasteiger partial charge in [-0.3, -0.25) is 0 Å². The van der Waals surface area contributed by atoms with Crippen molar-refractivity contribution in [3.8, 4) is 0 Å². The van der Waals surface area contributed by atoms with E-state index in [4.69, 9.17) is 0 Å². The average Bonchev–Trinajstić information content (AvgIpc) is 2.90. The van der Waals surface area contributed by atoms with Gasteiger partial charge in [0.25, 0.3) is 0 Å². The fourth-order valence-electron chi connectivity index (χ4n) is 1.55. The lowest BCUT2D eigenvalue weighted by atomic mass is 10.1. The first-order chi connectivity index (χ1) is 8.70. The summed E-state index contributed by atoms with van der Waals surface area (Å²) in [7, 11) is 0. The number of benzene rings is 1. The third-order valence-electron chi connectivity index (χ3n) is 2.49. The summed E-state index contributed by atoms with van der Waals surface area (Å²) in [5.74, 6) is -0.901. The largest absolute Gasteiger partial charge is 0.478 e. The van der Waals surface area contributed by atoms with Gasteiger partial charge in [0.15, 0.2) is 0 Å². The second kappa shape index (κ2) is 5.89. The van der Waals surface area contributed by atoms with Crippen molar-refractivity contribution in [3.63, 3.8) is 0 Å². The second-order valence-corrected chi connectivity index (χ2v) is 5.31. The van der Waals surface area contributed by atoms with Gasteiger partial charge < -0.3 is 5.11 Å². The summed E-state index contributed by atoms with van der Waals surface area (Å²) in [4.78, 5) is 12.4. The van der Waals surface area contributed by atoms with Crippen LogP contribution in [-0.2, 0) is 4.79 Å². The van der Waals surface area contributed by atoms with Crippen molar-refractivity contribution in [1.29, 1.82) is 0 Å². The van der Waals surface area contributed by atoms with Crippen LogP contribution >= 0.6 is 23.1 Å². The van der Waals surface area contributed by atoms with E-state index in [1.807, 2.05) is 47.3 Å². The summed E-state index contributed by atoms with van der Waals surface area (Å²) in [5.41, 5.74) is 1.98. The van der Waals surface area contributed by atoms with Crippen LogP contribution in [-0.4, -0.2) is 17.3 Å². The van der Waals surface area contributed by atoms with Gasteiger partial charge in [-0.1, -0.05) is 12.1 Å². The minimum atomic E-state index is -0.901. The SMILES string of the molecule is CSc1ccc(/C=C(/C(=O)O)c2ccsc2)cc1. The molecule has 0 radical (unpaired) electrons. The Morgan fingerprint density at radius 1 is 1.28 bits per heavy atom. The van der Waals surface area contributed by atoms with E-state index in [0.29, 0.717) is 5.57 Å². The van der Waals surface area contributed by atoms with Gasteiger partial charge in [0.1, 0.15) is 0 Å². The van der Waals surface area contributed by atoms with E-state index in [9.17, 15) is 9.90 Å². The van der Waals surface area contributed by atoms with Crippen molar-refractivity contribution < 1.29 is 9.90 Å². The Hall–Kier alpha value is -1.52. The van der Waals surface area contributed by atoms with E-state index >= 15 is 0 Å². The molecule has 0 bridgehead atoms. The van der Waals surface area contributed by atoms with Crippen LogP contribution in [0.3, 0.4) is 0 Å². The molecule has 0 unspecified atom stereocenters. The number of carboxylic acid groups (broad SMARTS) is 1. The Balaban J connectivity index is 2.36.